The maximum atomic E-state index is 12.5. The highest BCUT2D eigenvalue weighted by Gasteiger charge is 2.33. The number of piperidine rings is 1. The number of hydrogen-bond donors (Lipinski definition) is 0. The molecule has 2 rings (SSSR count). The van der Waals surface area contributed by atoms with Crippen LogP contribution in [0.2, 0.25) is 0 Å². The van der Waals surface area contributed by atoms with E-state index >= 15 is 0 Å². The van der Waals surface area contributed by atoms with Gasteiger partial charge in [-0.25, -0.2) is 0 Å². The molecule has 1 aliphatic rings. The summed E-state index contributed by atoms with van der Waals surface area (Å²) in [6, 6.07) is 0. The summed E-state index contributed by atoms with van der Waals surface area (Å²) in [7, 11) is 0. The van der Waals surface area contributed by atoms with Crippen LogP contribution in [0.3, 0.4) is 0 Å². The lowest BCUT2D eigenvalue weighted by atomic mass is 9.79. The van der Waals surface area contributed by atoms with Crippen LogP contribution < -0.4 is 0 Å². The fourth-order valence-corrected chi connectivity index (χ4v) is 3.08. The Morgan fingerprint density at radius 2 is 1.71 bits per heavy atom. The molecule has 0 atom stereocenters. The third-order valence-electron chi connectivity index (χ3n) is 4.75. The first-order chi connectivity index (χ1) is 11.0. The fourth-order valence-electron chi connectivity index (χ4n) is 3.08. The van der Waals surface area contributed by atoms with E-state index in [0.29, 0.717) is 18.9 Å². The van der Waals surface area contributed by atoms with Crippen LogP contribution in [-0.4, -0.2) is 39.5 Å². The molecule has 1 fully saturated rings. The molecule has 0 unspecified atom stereocenters. The van der Waals surface area contributed by atoms with Crippen molar-refractivity contribution in [3.63, 3.8) is 0 Å². The number of amides is 1. The lowest BCUT2D eigenvalue weighted by molar-refractivity contribution is -0.138. The van der Waals surface area contributed by atoms with E-state index in [-0.39, 0.29) is 29.2 Å². The predicted molar refractivity (Wildman–Crippen MR) is 94.7 cm³/mol. The average molecular weight is 333 g/mol. The van der Waals surface area contributed by atoms with Crippen LogP contribution >= 0.6 is 0 Å². The number of likely N-dealkylation sites (tertiary alicyclic amines) is 1. The summed E-state index contributed by atoms with van der Waals surface area (Å²) >= 11 is 0. The van der Waals surface area contributed by atoms with Gasteiger partial charge in [0.05, 0.1) is 6.20 Å². The molecule has 0 saturated carbocycles. The molecule has 0 N–H and O–H groups in total. The van der Waals surface area contributed by atoms with Gasteiger partial charge in [-0.15, -0.1) is 0 Å². The average Bonchev–Trinajstić information content (AvgIpc) is 2.94. The van der Waals surface area contributed by atoms with Gasteiger partial charge in [0.1, 0.15) is 12.3 Å². The van der Waals surface area contributed by atoms with E-state index in [2.05, 4.69) is 25.9 Å². The Morgan fingerprint density at radius 1 is 1.12 bits per heavy atom. The summed E-state index contributed by atoms with van der Waals surface area (Å²) in [5.74, 6) is 0.489. The number of carbonyl (C=O) groups excluding carboxylic acids is 2. The summed E-state index contributed by atoms with van der Waals surface area (Å²) in [5, 5.41) is 4.31. The topological polar surface area (TPSA) is 55.2 Å². The van der Waals surface area contributed by atoms with Crippen LogP contribution in [0.5, 0.6) is 0 Å². The fraction of sp³-hybridized carbons (Fsp3) is 0.737. The molecule has 0 aliphatic carbocycles. The van der Waals surface area contributed by atoms with Gasteiger partial charge >= 0.3 is 0 Å². The smallest absolute Gasteiger partial charge is 0.244 e. The Morgan fingerprint density at radius 3 is 2.17 bits per heavy atom. The van der Waals surface area contributed by atoms with E-state index in [4.69, 9.17) is 0 Å². The summed E-state index contributed by atoms with van der Waals surface area (Å²) in [5.41, 5.74) is 0.868. The SMILES string of the molecule is CC(C)(C)C(=O)C1CCN(C(=O)Cn2cc(C(C)(C)C)cn2)CC1. The van der Waals surface area contributed by atoms with Gasteiger partial charge in [0, 0.05) is 30.6 Å². The first kappa shape index (κ1) is 18.7. The highest BCUT2D eigenvalue weighted by Crippen LogP contribution is 2.27. The summed E-state index contributed by atoms with van der Waals surface area (Å²) in [4.78, 5) is 26.7. The number of carbonyl (C=O) groups is 2. The largest absolute Gasteiger partial charge is 0.341 e. The summed E-state index contributed by atoms with van der Waals surface area (Å²) in [6.07, 6.45) is 5.33. The molecule has 1 aromatic heterocycles. The van der Waals surface area contributed by atoms with Crippen LogP contribution in [0.1, 0.15) is 59.9 Å². The van der Waals surface area contributed by atoms with Gasteiger partial charge in [0.15, 0.2) is 0 Å². The third kappa shape index (κ3) is 4.46. The van der Waals surface area contributed by atoms with Gasteiger partial charge in [-0.05, 0) is 23.8 Å². The Hall–Kier alpha value is -1.65. The van der Waals surface area contributed by atoms with Crippen LogP contribution in [0, 0.1) is 11.3 Å². The van der Waals surface area contributed by atoms with Crippen molar-refractivity contribution in [2.24, 2.45) is 11.3 Å². The monoisotopic (exact) mass is 333 g/mol. The van der Waals surface area contributed by atoms with E-state index in [1.807, 2.05) is 38.1 Å². The van der Waals surface area contributed by atoms with E-state index in [9.17, 15) is 9.59 Å². The zero-order valence-electron chi connectivity index (χ0n) is 15.9. The van der Waals surface area contributed by atoms with Crippen molar-refractivity contribution >= 4 is 11.7 Å². The van der Waals surface area contributed by atoms with Gasteiger partial charge in [0.2, 0.25) is 5.91 Å². The van der Waals surface area contributed by atoms with Crippen molar-refractivity contribution in [3.8, 4) is 0 Å². The number of ketones is 1. The van der Waals surface area contributed by atoms with Crippen molar-refractivity contribution in [3.05, 3.63) is 18.0 Å². The van der Waals surface area contributed by atoms with Gasteiger partial charge in [0.25, 0.3) is 0 Å². The summed E-state index contributed by atoms with van der Waals surface area (Å²) < 4.78 is 1.72. The van der Waals surface area contributed by atoms with Gasteiger partial charge in [-0.3, -0.25) is 14.3 Å². The molecule has 1 amide bonds. The maximum absolute atomic E-state index is 12.5. The van der Waals surface area contributed by atoms with Gasteiger partial charge < -0.3 is 4.90 Å². The Labute approximate surface area is 145 Å². The first-order valence-electron chi connectivity index (χ1n) is 8.83. The standard InChI is InChI=1S/C19H31N3O2/c1-18(2,3)15-11-20-22(12-15)13-16(23)21-9-7-14(8-10-21)17(24)19(4,5)6/h11-12,14H,7-10,13H2,1-6H3. The van der Waals surface area contributed by atoms with Crippen molar-refractivity contribution in [1.29, 1.82) is 0 Å². The molecule has 134 valence electrons. The molecule has 0 bridgehead atoms. The van der Waals surface area contributed by atoms with E-state index in [1.165, 1.54) is 0 Å². The van der Waals surface area contributed by atoms with Crippen molar-refractivity contribution < 1.29 is 9.59 Å². The quantitative estimate of drug-likeness (QED) is 0.854. The van der Waals surface area contributed by atoms with Crippen LogP contribution in [0.4, 0.5) is 0 Å². The second kappa shape index (κ2) is 6.69. The highest BCUT2D eigenvalue weighted by atomic mass is 16.2. The van der Waals surface area contributed by atoms with Crippen LogP contribution in [0.25, 0.3) is 0 Å². The van der Waals surface area contributed by atoms with Crippen molar-refractivity contribution in [1.82, 2.24) is 14.7 Å². The highest BCUT2D eigenvalue weighted by molar-refractivity contribution is 5.86. The molecule has 1 saturated heterocycles. The Kier molecular flexibility index (Phi) is 5.21. The summed E-state index contributed by atoms with van der Waals surface area (Å²) in [6.45, 7) is 13.9. The number of nitrogens with zero attached hydrogens (tertiary/aromatic N) is 3. The van der Waals surface area contributed by atoms with Crippen molar-refractivity contribution in [2.45, 2.75) is 66.3 Å². The number of aromatic nitrogens is 2. The first-order valence-corrected chi connectivity index (χ1v) is 8.83. The lowest BCUT2D eigenvalue weighted by Gasteiger charge is -2.34. The molecule has 0 aromatic carbocycles. The minimum Gasteiger partial charge on any atom is -0.341 e. The molecule has 24 heavy (non-hydrogen) atoms. The zero-order valence-corrected chi connectivity index (χ0v) is 15.9. The second-order valence-corrected chi connectivity index (χ2v) is 8.95. The van der Waals surface area contributed by atoms with Crippen LogP contribution in [0.15, 0.2) is 12.4 Å². The molecule has 1 aliphatic heterocycles. The molecule has 5 nitrogen and oxygen atoms in total. The van der Waals surface area contributed by atoms with Gasteiger partial charge in [-0.1, -0.05) is 41.5 Å². The predicted octanol–water partition coefficient (Wildman–Crippen LogP) is 3.03. The Bertz CT molecular complexity index is 597. The third-order valence-corrected chi connectivity index (χ3v) is 4.75. The maximum Gasteiger partial charge on any atom is 0.244 e. The van der Waals surface area contributed by atoms with Gasteiger partial charge in [-0.2, -0.15) is 5.10 Å². The van der Waals surface area contributed by atoms with Crippen molar-refractivity contribution in [2.75, 3.05) is 13.1 Å². The van der Waals surface area contributed by atoms with E-state index in [1.54, 1.807) is 4.68 Å². The molecule has 0 spiro atoms. The molecule has 0 radical (unpaired) electrons. The minimum absolute atomic E-state index is 0.0347. The Balaban J connectivity index is 1.89. The lowest BCUT2D eigenvalue weighted by Crippen LogP contribution is -2.43. The molecule has 1 aromatic rings. The van der Waals surface area contributed by atoms with E-state index in [0.717, 1.165) is 18.4 Å². The van der Waals surface area contributed by atoms with E-state index < -0.39 is 0 Å². The minimum atomic E-state index is -0.296. The number of rotatable bonds is 3. The number of Topliss-reactive ketones (excluding diaryl/α,β-unsaturated/α-hetero) is 1. The molecule has 2 heterocycles. The zero-order chi connectivity index (χ0) is 18.1. The molecular weight excluding hydrogens is 302 g/mol. The molecule has 5 heteroatoms. The number of hydrogen-bond acceptors (Lipinski definition) is 3. The normalized spacial score (nSPS) is 17.2. The molecular formula is C19H31N3O2. The van der Waals surface area contributed by atoms with Crippen LogP contribution in [-0.2, 0) is 21.5 Å². The second-order valence-electron chi connectivity index (χ2n) is 8.95.